The van der Waals surface area contributed by atoms with Crippen LogP contribution in [0.2, 0.25) is 0 Å². The van der Waals surface area contributed by atoms with E-state index in [1.165, 1.54) is 5.56 Å². The van der Waals surface area contributed by atoms with E-state index in [4.69, 9.17) is 0 Å². The van der Waals surface area contributed by atoms with E-state index in [1.54, 1.807) is 0 Å². The Bertz CT molecular complexity index is 475. The van der Waals surface area contributed by atoms with E-state index in [-0.39, 0.29) is 12.0 Å². The van der Waals surface area contributed by atoms with Crippen molar-refractivity contribution in [2.45, 2.75) is 25.4 Å². The molecule has 2 aliphatic rings. The highest BCUT2D eigenvalue weighted by Crippen LogP contribution is 2.26. The molecule has 1 amide bonds. The van der Waals surface area contributed by atoms with Gasteiger partial charge in [-0.3, -0.25) is 9.69 Å². The van der Waals surface area contributed by atoms with Crippen LogP contribution in [0.15, 0.2) is 24.3 Å². The number of hydrogen-bond donors (Lipinski definition) is 1. The molecule has 0 spiro atoms. The summed E-state index contributed by atoms with van der Waals surface area (Å²) >= 11 is 0. The Morgan fingerprint density at radius 3 is 2.95 bits per heavy atom. The number of hydrogen-bond acceptors (Lipinski definition) is 3. The number of aliphatic hydroxyl groups excluding tert-OH is 1. The normalized spacial score (nSPS) is 23.4. The van der Waals surface area contributed by atoms with Gasteiger partial charge < -0.3 is 10.0 Å². The van der Waals surface area contributed by atoms with E-state index in [1.807, 2.05) is 28.0 Å². The SMILES string of the molecule is O=C(CN1CC[C@@H](O)C1)N1CCCc2ccccc21. The highest BCUT2D eigenvalue weighted by molar-refractivity contribution is 5.95. The third kappa shape index (κ3) is 2.65. The first-order valence-corrected chi connectivity index (χ1v) is 7.03. The van der Waals surface area contributed by atoms with Crippen molar-refractivity contribution < 1.29 is 9.90 Å². The summed E-state index contributed by atoms with van der Waals surface area (Å²) in [6.45, 7) is 2.68. The smallest absolute Gasteiger partial charge is 0.241 e. The number of carbonyl (C=O) groups excluding carboxylic acids is 1. The Balaban J connectivity index is 1.71. The molecule has 1 aromatic carbocycles. The molecule has 1 atom stereocenters. The van der Waals surface area contributed by atoms with Crippen LogP contribution in [0.4, 0.5) is 5.69 Å². The molecule has 1 aromatic rings. The average molecular weight is 260 g/mol. The third-order valence-corrected chi connectivity index (χ3v) is 4.02. The predicted octanol–water partition coefficient (Wildman–Crippen LogP) is 1.03. The molecular weight excluding hydrogens is 240 g/mol. The summed E-state index contributed by atoms with van der Waals surface area (Å²) in [5.74, 6) is 0.154. The third-order valence-electron chi connectivity index (χ3n) is 4.02. The Hall–Kier alpha value is -1.39. The van der Waals surface area contributed by atoms with Gasteiger partial charge in [-0.25, -0.2) is 0 Å². The van der Waals surface area contributed by atoms with Crippen LogP contribution in [0.1, 0.15) is 18.4 Å². The second kappa shape index (κ2) is 5.31. The lowest BCUT2D eigenvalue weighted by atomic mass is 10.0. The maximum absolute atomic E-state index is 12.4. The van der Waals surface area contributed by atoms with Crippen LogP contribution >= 0.6 is 0 Å². The molecular formula is C15H20N2O2. The van der Waals surface area contributed by atoms with Crippen molar-refractivity contribution >= 4 is 11.6 Å². The van der Waals surface area contributed by atoms with E-state index in [0.29, 0.717) is 13.1 Å². The summed E-state index contributed by atoms with van der Waals surface area (Å²) in [6.07, 6.45) is 2.61. The van der Waals surface area contributed by atoms with E-state index in [0.717, 1.165) is 38.0 Å². The quantitative estimate of drug-likeness (QED) is 0.864. The highest BCUT2D eigenvalue weighted by Gasteiger charge is 2.27. The van der Waals surface area contributed by atoms with E-state index < -0.39 is 0 Å². The van der Waals surface area contributed by atoms with E-state index >= 15 is 0 Å². The van der Waals surface area contributed by atoms with Gasteiger partial charge in [0.1, 0.15) is 0 Å². The van der Waals surface area contributed by atoms with Crippen LogP contribution in [0, 0.1) is 0 Å². The lowest BCUT2D eigenvalue weighted by molar-refractivity contribution is -0.119. The van der Waals surface area contributed by atoms with E-state index in [2.05, 4.69) is 6.07 Å². The standard InChI is InChI=1S/C15H20N2O2/c18-13-7-9-16(10-13)11-15(19)17-8-3-5-12-4-1-2-6-14(12)17/h1-2,4,6,13,18H,3,5,7-11H2/t13-/m1/s1. The molecule has 1 saturated heterocycles. The van der Waals surface area contributed by atoms with Gasteiger partial charge in [-0.05, 0) is 30.9 Å². The maximum Gasteiger partial charge on any atom is 0.241 e. The molecule has 0 radical (unpaired) electrons. The first-order valence-electron chi connectivity index (χ1n) is 7.03. The van der Waals surface area contributed by atoms with Gasteiger partial charge in [-0.2, -0.15) is 0 Å². The van der Waals surface area contributed by atoms with Gasteiger partial charge in [0.15, 0.2) is 0 Å². The lowest BCUT2D eigenvalue weighted by Crippen LogP contribution is -2.42. The van der Waals surface area contributed by atoms with Crippen LogP contribution in [0.5, 0.6) is 0 Å². The summed E-state index contributed by atoms with van der Waals surface area (Å²) in [7, 11) is 0. The van der Waals surface area contributed by atoms with Gasteiger partial charge in [-0.15, -0.1) is 0 Å². The first kappa shape index (κ1) is 12.6. The number of nitrogens with zero attached hydrogens (tertiary/aromatic N) is 2. The minimum absolute atomic E-state index is 0.154. The zero-order valence-corrected chi connectivity index (χ0v) is 11.1. The number of β-amino-alcohol motifs (C(OH)–C–C–N with tert-alkyl or cyclic N) is 1. The van der Waals surface area contributed by atoms with Crippen LogP contribution < -0.4 is 4.90 Å². The molecule has 1 fully saturated rings. The monoisotopic (exact) mass is 260 g/mol. The zero-order chi connectivity index (χ0) is 13.2. The minimum atomic E-state index is -0.263. The Labute approximate surface area is 113 Å². The number of aliphatic hydroxyl groups is 1. The Morgan fingerprint density at radius 2 is 2.16 bits per heavy atom. The Morgan fingerprint density at radius 1 is 1.32 bits per heavy atom. The van der Waals surface area contributed by atoms with Gasteiger partial charge in [0.25, 0.3) is 0 Å². The number of aryl methyl sites for hydroxylation is 1. The van der Waals surface area contributed by atoms with Gasteiger partial charge in [0.2, 0.25) is 5.91 Å². The summed E-state index contributed by atoms with van der Waals surface area (Å²) in [6, 6.07) is 8.16. The molecule has 3 rings (SSSR count). The van der Waals surface area contributed by atoms with Crippen molar-refractivity contribution in [1.29, 1.82) is 0 Å². The first-order chi connectivity index (χ1) is 9.24. The number of carbonyl (C=O) groups is 1. The number of anilines is 1. The van der Waals surface area contributed by atoms with Gasteiger partial charge in [-0.1, -0.05) is 18.2 Å². The summed E-state index contributed by atoms with van der Waals surface area (Å²) < 4.78 is 0. The zero-order valence-electron chi connectivity index (χ0n) is 11.1. The second-order valence-corrected chi connectivity index (χ2v) is 5.46. The fourth-order valence-corrected chi connectivity index (χ4v) is 3.03. The Kier molecular flexibility index (Phi) is 3.53. The van der Waals surface area contributed by atoms with Gasteiger partial charge in [0.05, 0.1) is 12.6 Å². The lowest BCUT2D eigenvalue weighted by Gasteiger charge is -2.30. The fraction of sp³-hybridized carbons (Fsp3) is 0.533. The maximum atomic E-state index is 12.4. The molecule has 4 heteroatoms. The number of amides is 1. The molecule has 1 N–H and O–H groups in total. The summed E-state index contributed by atoms with van der Waals surface area (Å²) in [4.78, 5) is 16.4. The molecule has 0 bridgehead atoms. The van der Waals surface area contributed by atoms with Crippen molar-refractivity contribution in [1.82, 2.24) is 4.90 Å². The minimum Gasteiger partial charge on any atom is -0.392 e. The topological polar surface area (TPSA) is 43.8 Å². The number of benzene rings is 1. The van der Waals surface area contributed by atoms with Crippen molar-refractivity contribution in [2.75, 3.05) is 31.1 Å². The number of likely N-dealkylation sites (tertiary alicyclic amines) is 1. The molecule has 2 heterocycles. The average Bonchev–Trinajstić information content (AvgIpc) is 2.83. The molecule has 0 unspecified atom stereocenters. The van der Waals surface area contributed by atoms with Crippen LogP contribution in [-0.2, 0) is 11.2 Å². The molecule has 19 heavy (non-hydrogen) atoms. The van der Waals surface area contributed by atoms with Crippen molar-refractivity contribution in [3.63, 3.8) is 0 Å². The molecule has 0 saturated carbocycles. The number of fused-ring (bicyclic) bond motifs is 1. The number of rotatable bonds is 2. The fourth-order valence-electron chi connectivity index (χ4n) is 3.03. The predicted molar refractivity (Wildman–Crippen MR) is 74.2 cm³/mol. The molecule has 0 aliphatic carbocycles. The van der Waals surface area contributed by atoms with Gasteiger partial charge >= 0.3 is 0 Å². The van der Waals surface area contributed by atoms with Crippen molar-refractivity contribution in [2.24, 2.45) is 0 Å². The van der Waals surface area contributed by atoms with Crippen LogP contribution in [0.25, 0.3) is 0 Å². The second-order valence-electron chi connectivity index (χ2n) is 5.46. The molecule has 2 aliphatic heterocycles. The molecule has 102 valence electrons. The number of para-hydroxylation sites is 1. The summed E-state index contributed by atoms with van der Waals surface area (Å²) in [5, 5.41) is 9.51. The van der Waals surface area contributed by atoms with Gasteiger partial charge in [0, 0.05) is 25.3 Å². The van der Waals surface area contributed by atoms with E-state index in [9.17, 15) is 9.90 Å². The van der Waals surface area contributed by atoms with Crippen LogP contribution in [-0.4, -0.2) is 48.2 Å². The van der Waals surface area contributed by atoms with Crippen molar-refractivity contribution in [3.05, 3.63) is 29.8 Å². The highest BCUT2D eigenvalue weighted by atomic mass is 16.3. The van der Waals surface area contributed by atoms with Crippen molar-refractivity contribution in [3.8, 4) is 0 Å². The largest absolute Gasteiger partial charge is 0.392 e. The summed E-state index contributed by atoms with van der Waals surface area (Å²) in [5.41, 5.74) is 2.34. The molecule has 4 nitrogen and oxygen atoms in total. The van der Waals surface area contributed by atoms with Crippen LogP contribution in [0.3, 0.4) is 0 Å². The molecule has 0 aromatic heterocycles.